The standard InChI is InChI=1S/C18H18N2O4S/c19-16(21)15-10-5-1-4-8-14(10)25-18(15)20-17(22)13-9-23-11-6-2-3-7-12(11)24-13/h2-3,6-7,13H,1,4-5,8-9H2,(H2,19,21)(H,20,22)/t13-/m1/s1. The number of thiophene rings is 1. The zero-order valence-corrected chi connectivity index (χ0v) is 14.4. The summed E-state index contributed by atoms with van der Waals surface area (Å²) < 4.78 is 11.3. The van der Waals surface area contributed by atoms with Crippen LogP contribution in [0.15, 0.2) is 24.3 Å². The number of primary amides is 1. The van der Waals surface area contributed by atoms with Crippen LogP contribution in [-0.4, -0.2) is 24.5 Å². The number of benzene rings is 1. The summed E-state index contributed by atoms with van der Waals surface area (Å²) in [5.74, 6) is 0.321. The van der Waals surface area contributed by atoms with Gasteiger partial charge in [0.25, 0.3) is 11.8 Å². The van der Waals surface area contributed by atoms with Crippen LogP contribution in [0.1, 0.15) is 33.6 Å². The smallest absolute Gasteiger partial charge is 0.269 e. The molecule has 0 saturated heterocycles. The van der Waals surface area contributed by atoms with Crippen molar-refractivity contribution in [3.05, 3.63) is 40.3 Å². The fraction of sp³-hybridized carbons (Fsp3) is 0.333. The molecule has 2 aromatic rings. The first-order valence-corrected chi connectivity index (χ1v) is 9.09. The predicted octanol–water partition coefficient (Wildman–Crippen LogP) is 2.50. The lowest BCUT2D eigenvalue weighted by Gasteiger charge is -2.25. The van der Waals surface area contributed by atoms with E-state index >= 15 is 0 Å². The van der Waals surface area contributed by atoms with Gasteiger partial charge in [-0.05, 0) is 43.4 Å². The average molecular weight is 358 g/mol. The van der Waals surface area contributed by atoms with Gasteiger partial charge in [0.15, 0.2) is 11.5 Å². The number of amides is 2. The van der Waals surface area contributed by atoms with Gasteiger partial charge in [-0.25, -0.2) is 0 Å². The number of carbonyl (C=O) groups is 2. The Morgan fingerprint density at radius 3 is 2.72 bits per heavy atom. The number of aryl methyl sites for hydroxylation is 1. The first kappa shape index (κ1) is 16.0. The summed E-state index contributed by atoms with van der Waals surface area (Å²) in [4.78, 5) is 25.6. The van der Waals surface area contributed by atoms with Crippen molar-refractivity contribution in [2.24, 2.45) is 5.73 Å². The number of rotatable bonds is 3. The second-order valence-corrected chi connectivity index (χ2v) is 7.24. The monoisotopic (exact) mass is 358 g/mol. The summed E-state index contributed by atoms with van der Waals surface area (Å²) in [6, 6.07) is 7.22. The number of hydrogen-bond donors (Lipinski definition) is 2. The van der Waals surface area contributed by atoms with E-state index in [9.17, 15) is 9.59 Å². The molecule has 0 radical (unpaired) electrons. The van der Waals surface area contributed by atoms with E-state index in [4.69, 9.17) is 15.2 Å². The van der Waals surface area contributed by atoms with Crippen molar-refractivity contribution < 1.29 is 19.1 Å². The fourth-order valence-electron chi connectivity index (χ4n) is 3.26. The summed E-state index contributed by atoms with van der Waals surface area (Å²) in [5, 5.41) is 3.34. The average Bonchev–Trinajstić information content (AvgIpc) is 2.99. The van der Waals surface area contributed by atoms with Gasteiger partial charge < -0.3 is 20.5 Å². The van der Waals surface area contributed by atoms with Crippen LogP contribution in [0, 0.1) is 0 Å². The van der Waals surface area contributed by atoms with Crippen molar-refractivity contribution in [3.63, 3.8) is 0 Å². The Balaban J connectivity index is 1.56. The molecular weight excluding hydrogens is 340 g/mol. The van der Waals surface area contributed by atoms with Crippen LogP contribution < -0.4 is 20.5 Å². The third kappa shape index (κ3) is 2.95. The molecule has 2 aliphatic rings. The number of nitrogens with one attached hydrogen (secondary N) is 1. The molecule has 2 heterocycles. The van der Waals surface area contributed by atoms with E-state index < -0.39 is 12.0 Å². The Morgan fingerprint density at radius 2 is 1.92 bits per heavy atom. The van der Waals surface area contributed by atoms with Gasteiger partial charge in [-0.2, -0.15) is 0 Å². The maximum atomic E-state index is 12.6. The molecule has 0 fully saturated rings. The number of nitrogens with two attached hydrogens (primary N) is 1. The summed E-state index contributed by atoms with van der Waals surface area (Å²) in [5.41, 5.74) is 7.00. The lowest BCUT2D eigenvalue weighted by Crippen LogP contribution is -2.40. The van der Waals surface area contributed by atoms with Crippen molar-refractivity contribution in [1.29, 1.82) is 0 Å². The summed E-state index contributed by atoms with van der Waals surface area (Å²) in [6.45, 7) is 0.125. The molecule has 0 bridgehead atoms. The van der Waals surface area contributed by atoms with Gasteiger partial charge in [0.1, 0.15) is 11.6 Å². The van der Waals surface area contributed by atoms with Crippen LogP contribution in [0.5, 0.6) is 11.5 Å². The van der Waals surface area contributed by atoms with Gasteiger partial charge in [-0.3, -0.25) is 9.59 Å². The van der Waals surface area contributed by atoms with Crippen molar-refractivity contribution >= 4 is 28.2 Å². The first-order chi connectivity index (χ1) is 12.1. The van der Waals surface area contributed by atoms with Gasteiger partial charge in [0.2, 0.25) is 6.10 Å². The van der Waals surface area contributed by atoms with Crippen molar-refractivity contribution in [2.75, 3.05) is 11.9 Å². The summed E-state index contributed by atoms with van der Waals surface area (Å²) in [6.07, 6.45) is 3.11. The van der Waals surface area contributed by atoms with E-state index in [0.717, 1.165) is 36.1 Å². The van der Waals surface area contributed by atoms with Crippen LogP contribution in [0.25, 0.3) is 0 Å². The van der Waals surface area contributed by atoms with Gasteiger partial charge in [-0.1, -0.05) is 12.1 Å². The largest absolute Gasteiger partial charge is 0.485 e. The van der Waals surface area contributed by atoms with Crippen LogP contribution in [0.3, 0.4) is 0 Å². The number of hydrogen-bond acceptors (Lipinski definition) is 5. The van der Waals surface area contributed by atoms with Gasteiger partial charge >= 0.3 is 0 Å². The normalized spacial score (nSPS) is 18.3. The molecule has 3 N–H and O–H groups in total. The Kier molecular flexibility index (Phi) is 4.09. The third-order valence-corrected chi connectivity index (χ3v) is 5.66. The SMILES string of the molecule is NC(=O)c1c(NC(=O)[C@H]2COc3ccccc3O2)sc2c1CCCC2. The minimum absolute atomic E-state index is 0.125. The molecule has 6 nitrogen and oxygen atoms in total. The second-order valence-electron chi connectivity index (χ2n) is 6.13. The maximum Gasteiger partial charge on any atom is 0.269 e. The zero-order chi connectivity index (χ0) is 17.4. The molecule has 130 valence electrons. The molecule has 0 saturated carbocycles. The van der Waals surface area contributed by atoms with Gasteiger partial charge in [-0.15, -0.1) is 11.3 Å². The van der Waals surface area contributed by atoms with Crippen molar-refractivity contribution in [1.82, 2.24) is 0 Å². The predicted molar refractivity (Wildman–Crippen MR) is 94.5 cm³/mol. The molecule has 1 aliphatic heterocycles. The summed E-state index contributed by atoms with van der Waals surface area (Å²) >= 11 is 1.44. The Bertz CT molecular complexity index is 846. The van der Waals surface area contributed by atoms with E-state index in [2.05, 4.69) is 5.32 Å². The van der Waals surface area contributed by atoms with Crippen LogP contribution in [0.4, 0.5) is 5.00 Å². The molecule has 0 unspecified atom stereocenters. The molecule has 25 heavy (non-hydrogen) atoms. The van der Waals surface area contributed by atoms with E-state index in [-0.39, 0.29) is 12.5 Å². The zero-order valence-electron chi connectivity index (χ0n) is 13.5. The summed E-state index contributed by atoms with van der Waals surface area (Å²) in [7, 11) is 0. The van der Waals surface area contributed by atoms with Gasteiger partial charge in [0, 0.05) is 4.88 Å². The third-order valence-electron chi connectivity index (χ3n) is 4.46. The van der Waals surface area contributed by atoms with Crippen LogP contribution in [0.2, 0.25) is 0 Å². The molecule has 4 rings (SSSR count). The maximum absolute atomic E-state index is 12.6. The van der Waals surface area contributed by atoms with Crippen molar-refractivity contribution in [3.8, 4) is 11.5 Å². The minimum atomic E-state index is -0.769. The molecule has 1 atom stereocenters. The molecule has 1 aromatic heterocycles. The molecule has 2 amide bonds. The van der Waals surface area contributed by atoms with E-state index in [1.807, 2.05) is 12.1 Å². The van der Waals surface area contributed by atoms with E-state index in [0.29, 0.717) is 22.1 Å². The Hall–Kier alpha value is -2.54. The first-order valence-electron chi connectivity index (χ1n) is 8.27. The quantitative estimate of drug-likeness (QED) is 0.882. The minimum Gasteiger partial charge on any atom is -0.485 e. The highest BCUT2D eigenvalue weighted by molar-refractivity contribution is 7.17. The second kappa shape index (κ2) is 6.40. The number of fused-ring (bicyclic) bond motifs is 2. The highest BCUT2D eigenvalue weighted by Gasteiger charge is 2.30. The Morgan fingerprint density at radius 1 is 1.16 bits per heavy atom. The van der Waals surface area contributed by atoms with E-state index in [1.54, 1.807) is 12.1 Å². The number of carbonyl (C=O) groups excluding carboxylic acids is 2. The fourth-order valence-corrected chi connectivity index (χ4v) is 4.55. The molecule has 7 heteroatoms. The number of para-hydroxylation sites is 2. The van der Waals surface area contributed by atoms with Crippen LogP contribution in [-0.2, 0) is 17.6 Å². The molecule has 1 aliphatic carbocycles. The molecule has 1 aromatic carbocycles. The van der Waals surface area contributed by atoms with Gasteiger partial charge in [0.05, 0.1) is 5.56 Å². The number of anilines is 1. The van der Waals surface area contributed by atoms with Crippen LogP contribution >= 0.6 is 11.3 Å². The molecule has 0 spiro atoms. The molecular formula is C18H18N2O4S. The Labute approximate surface area is 148 Å². The highest BCUT2D eigenvalue weighted by Crippen LogP contribution is 2.38. The van der Waals surface area contributed by atoms with Crippen molar-refractivity contribution in [2.45, 2.75) is 31.8 Å². The topological polar surface area (TPSA) is 90.7 Å². The lowest BCUT2D eigenvalue weighted by molar-refractivity contribution is -0.125. The lowest BCUT2D eigenvalue weighted by atomic mass is 9.95. The van der Waals surface area contributed by atoms with E-state index in [1.165, 1.54) is 11.3 Å². The number of ether oxygens (including phenoxy) is 2. The highest BCUT2D eigenvalue weighted by atomic mass is 32.1.